The van der Waals surface area contributed by atoms with E-state index in [1.807, 2.05) is 6.92 Å². The average Bonchev–Trinajstić information content (AvgIpc) is 2.27. The average molecular weight is 230 g/mol. The molecule has 0 heterocycles. The van der Waals surface area contributed by atoms with Crippen LogP contribution in [0, 0.1) is 0 Å². The van der Waals surface area contributed by atoms with E-state index >= 15 is 0 Å². The number of hydrogen-bond acceptors (Lipinski definition) is 2. The Morgan fingerprint density at radius 2 is 1.56 bits per heavy atom. The van der Waals surface area contributed by atoms with Gasteiger partial charge >= 0.3 is 0 Å². The van der Waals surface area contributed by atoms with Gasteiger partial charge in [-0.15, -0.1) is 0 Å². The van der Waals surface area contributed by atoms with E-state index in [4.69, 9.17) is 4.74 Å². The van der Waals surface area contributed by atoms with Gasteiger partial charge in [0.15, 0.2) is 0 Å². The first-order valence-corrected chi connectivity index (χ1v) is 6.91. The minimum atomic E-state index is -0.175. The Balaban J connectivity index is 3.18. The summed E-state index contributed by atoms with van der Waals surface area (Å²) in [7, 11) is 1.70. The van der Waals surface area contributed by atoms with E-state index in [1.165, 1.54) is 38.5 Å². The van der Waals surface area contributed by atoms with Crippen LogP contribution in [0.25, 0.3) is 0 Å². The molecule has 2 nitrogen and oxygen atoms in total. The van der Waals surface area contributed by atoms with Crippen LogP contribution in [0.2, 0.25) is 0 Å². The van der Waals surface area contributed by atoms with Crippen LogP contribution in [0.1, 0.15) is 71.6 Å². The number of unbranched alkanes of at least 4 members (excludes halogenated alkanes) is 6. The summed E-state index contributed by atoms with van der Waals surface area (Å²) in [6.07, 6.45) is 10.9. The molecule has 0 fully saturated rings. The summed E-state index contributed by atoms with van der Waals surface area (Å²) in [5, 5.41) is 9.71. The fourth-order valence-corrected chi connectivity index (χ4v) is 1.93. The molecule has 0 radical (unpaired) electrons. The van der Waals surface area contributed by atoms with E-state index in [-0.39, 0.29) is 12.2 Å². The number of methoxy groups -OCH3 is 1. The first-order chi connectivity index (χ1) is 7.70. The number of rotatable bonds is 11. The molecule has 2 unspecified atom stereocenters. The number of hydrogen-bond donors (Lipinski definition) is 1. The predicted molar refractivity (Wildman–Crippen MR) is 69.7 cm³/mol. The highest BCUT2D eigenvalue weighted by Gasteiger charge is 2.08. The van der Waals surface area contributed by atoms with Gasteiger partial charge in [0.2, 0.25) is 0 Å². The Kier molecular flexibility index (Phi) is 11.3. The largest absolute Gasteiger partial charge is 0.393 e. The molecule has 0 aliphatic rings. The Labute approximate surface area is 101 Å². The molecule has 0 saturated heterocycles. The van der Waals surface area contributed by atoms with Crippen molar-refractivity contribution in [3.8, 4) is 0 Å². The molecule has 0 saturated carbocycles. The van der Waals surface area contributed by atoms with Crippen LogP contribution in [0.3, 0.4) is 0 Å². The fraction of sp³-hybridized carbons (Fsp3) is 1.00. The van der Waals surface area contributed by atoms with Gasteiger partial charge in [-0.2, -0.15) is 0 Å². The summed E-state index contributed by atoms with van der Waals surface area (Å²) < 4.78 is 5.13. The maximum absolute atomic E-state index is 9.71. The highest BCUT2D eigenvalue weighted by Crippen LogP contribution is 2.12. The monoisotopic (exact) mass is 230 g/mol. The Bertz CT molecular complexity index is 137. The van der Waals surface area contributed by atoms with Crippen LogP contribution in [0.4, 0.5) is 0 Å². The summed E-state index contributed by atoms with van der Waals surface area (Å²) in [5.74, 6) is 0. The second-order valence-corrected chi connectivity index (χ2v) is 4.85. The highest BCUT2D eigenvalue weighted by molar-refractivity contribution is 4.61. The molecule has 2 heteroatoms. The molecule has 0 amide bonds. The van der Waals surface area contributed by atoms with E-state index < -0.39 is 0 Å². The zero-order valence-electron chi connectivity index (χ0n) is 11.4. The van der Waals surface area contributed by atoms with Gasteiger partial charge in [-0.1, -0.05) is 51.9 Å². The molecule has 0 spiro atoms. The van der Waals surface area contributed by atoms with Crippen molar-refractivity contribution in [2.45, 2.75) is 83.8 Å². The third-order valence-corrected chi connectivity index (χ3v) is 3.15. The van der Waals surface area contributed by atoms with E-state index in [2.05, 4.69) is 6.92 Å². The second kappa shape index (κ2) is 11.4. The van der Waals surface area contributed by atoms with Gasteiger partial charge in [0.1, 0.15) is 0 Å². The van der Waals surface area contributed by atoms with Gasteiger partial charge in [-0.05, 0) is 19.8 Å². The smallest absolute Gasteiger partial charge is 0.0567 e. The van der Waals surface area contributed by atoms with Crippen LogP contribution >= 0.6 is 0 Å². The molecular formula is C14H30O2. The molecule has 1 N–H and O–H groups in total. The number of aliphatic hydroxyl groups excluding tert-OH is 1. The molecule has 98 valence electrons. The predicted octanol–water partition coefficient (Wildman–Crippen LogP) is 3.91. The molecule has 16 heavy (non-hydrogen) atoms. The molecule has 0 aromatic heterocycles. The zero-order chi connectivity index (χ0) is 12.2. The van der Waals surface area contributed by atoms with Crippen molar-refractivity contribution in [3.63, 3.8) is 0 Å². The maximum atomic E-state index is 9.71. The van der Waals surface area contributed by atoms with Gasteiger partial charge in [0.25, 0.3) is 0 Å². The standard InChI is InChI=1S/C14H30O2/c1-4-5-6-7-8-9-10-11-14(15)12-13(2)16-3/h13-15H,4-12H2,1-3H3. The van der Waals surface area contributed by atoms with Gasteiger partial charge in [0, 0.05) is 7.11 Å². The molecular weight excluding hydrogens is 200 g/mol. The molecule has 0 bridgehead atoms. The van der Waals surface area contributed by atoms with Crippen molar-refractivity contribution in [1.29, 1.82) is 0 Å². The SMILES string of the molecule is CCCCCCCCCC(O)CC(C)OC. The first-order valence-electron chi connectivity index (χ1n) is 6.91. The molecule has 0 aromatic carbocycles. The Hall–Kier alpha value is -0.0800. The quantitative estimate of drug-likeness (QED) is 0.545. The van der Waals surface area contributed by atoms with Crippen LogP contribution in [-0.4, -0.2) is 24.4 Å². The van der Waals surface area contributed by atoms with Crippen molar-refractivity contribution < 1.29 is 9.84 Å². The topological polar surface area (TPSA) is 29.5 Å². The normalized spacial score (nSPS) is 15.0. The van der Waals surface area contributed by atoms with Crippen molar-refractivity contribution in [2.24, 2.45) is 0 Å². The lowest BCUT2D eigenvalue weighted by molar-refractivity contribution is 0.0518. The Morgan fingerprint density at radius 1 is 1.00 bits per heavy atom. The number of ether oxygens (including phenoxy) is 1. The fourth-order valence-electron chi connectivity index (χ4n) is 1.93. The Morgan fingerprint density at radius 3 is 2.12 bits per heavy atom. The van der Waals surface area contributed by atoms with Crippen molar-refractivity contribution in [3.05, 3.63) is 0 Å². The lowest BCUT2D eigenvalue weighted by atomic mass is 10.0. The van der Waals surface area contributed by atoms with Crippen LogP contribution in [0.15, 0.2) is 0 Å². The summed E-state index contributed by atoms with van der Waals surface area (Å²) in [6.45, 7) is 4.25. The second-order valence-electron chi connectivity index (χ2n) is 4.85. The van der Waals surface area contributed by atoms with Gasteiger partial charge in [0.05, 0.1) is 12.2 Å². The molecule has 0 aliphatic carbocycles. The molecule has 0 rings (SSSR count). The van der Waals surface area contributed by atoms with Crippen LogP contribution in [-0.2, 0) is 4.74 Å². The van der Waals surface area contributed by atoms with E-state index in [0.29, 0.717) is 0 Å². The lowest BCUT2D eigenvalue weighted by Crippen LogP contribution is -2.16. The minimum Gasteiger partial charge on any atom is -0.393 e. The van der Waals surface area contributed by atoms with Crippen molar-refractivity contribution in [2.75, 3.05) is 7.11 Å². The van der Waals surface area contributed by atoms with E-state index in [0.717, 1.165) is 19.3 Å². The minimum absolute atomic E-state index is 0.175. The van der Waals surface area contributed by atoms with Crippen molar-refractivity contribution in [1.82, 2.24) is 0 Å². The third kappa shape index (κ3) is 10.4. The van der Waals surface area contributed by atoms with E-state index in [9.17, 15) is 5.11 Å². The van der Waals surface area contributed by atoms with Crippen LogP contribution in [0.5, 0.6) is 0 Å². The first kappa shape index (κ1) is 15.9. The van der Waals surface area contributed by atoms with Crippen molar-refractivity contribution >= 4 is 0 Å². The molecule has 2 atom stereocenters. The van der Waals surface area contributed by atoms with Crippen LogP contribution < -0.4 is 0 Å². The summed E-state index contributed by atoms with van der Waals surface area (Å²) in [6, 6.07) is 0. The molecule has 0 aliphatic heterocycles. The van der Waals surface area contributed by atoms with Gasteiger partial charge in [-0.25, -0.2) is 0 Å². The third-order valence-electron chi connectivity index (χ3n) is 3.15. The van der Waals surface area contributed by atoms with Gasteiger partial charge < -0.3 is 9.84 Å². The summed E-state index contributed by atoms with van der Waals surface area (Å²) >= 11 is 0. The number of aliphatic hydroxyl groups is 1. The highest BCUT2D eigenvalue weighted by atomic mass is 16.5. The molecule has 0 aromatic rings. The van der Waals surface area contributed by atoms with E-state index in [1.54, 1.807) is 7.11 Å². The summed E-state index contributed by atoms with van der Waals surface area (Å²) in [5.41, 5.74) is 0. The zero-order valence-corrected chi connectivity index (χ0v) is 11.4. The van der Waals surface area contributed by atoms with Gasteiger partial charge in [-0.3, -0.25) is 0 Å². The maximum Gasteiger partial charge on any atom is 0.0567 e. The lowest BCUT2D eigenvalue weighted by Gasteiger charge is -2.14. The summed E-state index contributed by atoms with van der Waals surface area (Å²) in [4.78, 5) is 0.